The maximum atomic E-state index is 13.6. The molecular formula is C18H10BrF3N2O3S. The van der Waals surface area contributed by atoms with E-state index in [1.54, 1.807) is 24.3 Å². The van der Waals surface area contributed by atoms with Crippen LogP contribution in [0.25, 0.3) is 6.08 Å². The van der Waals surface area contributed by atoms with Crippen LogP contribution in [0.4, 0.5) is 23.7 Å². The molecule has 0 bridgehead atoms. The minimum atomic E-state index is -1.73. The average Bonchev–Trinajstić information content (AvgIpc) is 2.91. The molecule has 3 amide bonds. The molecule has 1 saturated heterocycles. The summed E-state index contributed by atoms with van der Waals surface area (Å²) in [5.41, 5.74) is 0.0864. The zero-order chi connectivity index (χ0) is 20.4. The molecule has 1 N–H and O–H groups in total. The Morgan fingerprint density at radius 1 is 1.07 bits per heavy atom. The first-order valence-electron chi connectivity index (χ1n) is 7.70. The second kappa shape index (κ2) is 8.19. The van der Waals surface area contributed by atoms with E-state index < -0.39 is 46.7 Å². The van der Waals surface area contributed by atoms with Gasteiger partial charge in [-0.05, 0) is 47.7 Å². The fraction of sp³-hybridized carbons (Fsp3) is 0.0556. The number of benzene rings is 2. The molecule has 10 heteroatoms. The van der Waals surface area contributed by atoms with Crippen molar-refractivity contribution in [3.8, 4) is 0 Å². The van der Waals surface area contributed by atoms with Gasteiger partial charge in [-0.2, -0.15) is 0 Å². The molecular weight excluding hydrogens is 461 g/mol. The van der Waals surface area contributed by atoms with Gasteiger partial charge >= 0.3 is 0 Å². The van der Waals surface area contributed by atoms with Gasteiger partial charge in [-0.25, -0.2) is 13.2 Å². The molecule has 0 unspecified atom stereocenters. The summed E-state index contributed by atoms with van der Waals surface area (Å²) < 4.78 is 40.6. The van der Waals surface area contributed by atoms with Gasteiger partial charge in [-0.15, -0.1) is 0 Å². The third-order valence-electron chi connectivity index (χ3n) is 3.65. The predicted octanol–water partition coefficient (Wildman–Crippen LogP) is 4.54. The highest BCUT2D eigenvalue weighted by molar-refractivity contribution is 9.10. The van der Waals surface area contributed by atoms with Crippen LogP contribution in [-0.4, -0.2) is 28.5 Å². The molecule has 0 aliphatic carbocycles. The zero-order valence-corrected chi connectivity index (χ0v) is 16.2. The summed E-state index contributed by atoms with van der Waals surface area (Å²) >= 11 is 3.95. The van der Waals surface area contributed by atoms with Crippen molar-refractivity contribution in [2.24, 2.45) is 0 Å². The highest BCUT2D eigenvalue weighted by atomic mass is 79.9. The second-order valence-electron chi connectivity index (χ2n) is 5.59. The van der Waals surface area contributed by atoms with E-state index in [9.17, 15) is 27.6 Å². The molecule has 0 saturated carbocycles. The van der Waals surface area contributed by atoms with Crippen LogP contribution < -0.4 is 5.32 Å². The van der Waals surface area contributed by atoms with Crippen LogP contribution in [0.5, 0.6) is 0 Å². The van der Waals surface area contributed by atoms with Crippen LogP contribution in [0, 0.1) is 17.5 Å². The number of amides is 3. The largest absolute Gasteiger partial charge is 0.322 e. The standard InChI is InChI=1S/C18H10BrF3N2O3S/c19-10-3-1-9(2-4-10)7-13-17(26)24(18(27)28-13)8-14(25)23-12-6-5-11(20)15(21)16(12)22/h1-7H,8H2,(H,23,25)/b13-7+. The summed E-state index contributed by atoms with van der Waals surface area (Å²) in [6.45, 7) is -0.694. The number of hydrogen-bond acceptors (Lipinski definition) is 4. The lowest BCUT2D eigenvalue weighted by molar-refractivity contribution is -0.127. The van der Waals surface area contributed by atoms with Gasteiger partial charge in [0, 0.05) is 4.47 Å². The number of thioether (sulfide) groups is 1. The van der Waals surface area contributed by atoms with Crippen molar-refractivity contribution in [1.29, 1.82) is 0 Å². The Kier molecular flexibility index (Phi) is 5.90. The lowest BCUT2D eigenvalue weighted by Gasteiger charge is -2.13. The molecule has 2 aromatic carbocycles. The number of nitrogens with zero attached hydrogens (tertiary/aromatic N) is 1. The molecule has 1 aliphatic heterocycles. The molecule has 0 atom stereocenters. The smallest absolute Gasteiger partial charge is 0.294 e. The van der Waals surface area contributed by atoms with E-state index in [0.29, 0.717) is 28.3 Å². The van der Waals surface area contributed by atoms with Gasteiger partial charge in [-0.3, -0.25) is 19.3 Å². The van der Waals surface area contributed by atoms with Gasteiger partial charge in [0.1, 0.15) is 6.54 Å². The van der Waals surface area contributed by atoms with E-state index in [2.05, 4.69) is 15.9 Å². The van der Waals surface area contributed by atoms with E-state index in [1.807, 2.05) is 5.32 Å². The third kappa shape index (κ3) is 4.28. The van der Waals surface area contributed by atoms with Crippen LogP contribution in [0.3, 0.4) is 0 Å². The molecule has 3 rings (SSSR count). The van der Waals surface area contributed by atoms with Crippen LogP contribution in [0.1, 0.15) is 5.56 Å². The fourth-order valence-corrected chi connectivity index (χ4v) is 3.41. The number of rotatable bonds is 4. The van der Waals surface area contributed by atoms with Gasteiger partial charge in [-0.1, -0.05) is 28.1 Å². The number of carbonyl (C=O) groups is 3. The molecule has 0 aromatic heterocycles. The lowest BCUT2D eigenvalue weighted by Crippen LogP contribution is -2.36. The van der Waals surface area contributed by atoms with Crippen LogP contribution in [0.2, 0.25) is 0 Å². The summed E-state index contributed by atoms with van der Waals surface area (Å²) in [6.07, 6.45) is 1.50. The number of halogens is 4. The Balaban J connectivity index is 1.71. The first kappa shape index (κ1) is 20.2. The summed E-state index contributed by atoms with van der Waals surface area (Å²) in [5.74, 6) is -6.32. The van der Waals surface area contributed by atoms with E-state index >= 15 is 0 Å². The Labute approximate surface area is 169 Å². The Hall–Kier alpha value is -2.59. The molecule has 1 heterocycles. The van der Waals surface area contributed by atoms with Gasteiger partial charge < -0.3 is 5.32 Å². The normalized spacial score (nSPS) is 15.4. The number of carbonyl (C=O) groups excluding carboxylic acids is 3. The topological polar surface area (TPSA) is 66.5 Å². The summed E-state index contributed by atoms with van der Waals surface area (Å²) in [5, 5.41) is 1.34. The van der Waals surface area contributed by atoms with Crippen molar-refractivity contribution < 1.29 is 27.6 Å². The van der Waals surface area contributed by atoms with E-state index in [1.165, 1.54) is 6.08 Å². The number of nitrogens with one attached hydrogen (secondary N) is 1. The van der Waals surface area contributed by atoms with Crippen LogP contribution in [0.15, 0.2) is 45.8 Å². The van der Waals surface area contributed by atoms with Crippen molar-refractivity contribution in [3.63, 3.8) is 0 Å². The Bertz CT molecular complexity index is 1010. The monoisotopic (exact) mass is 470 g/mol. The van der Waals surface area contributed by atoms with Crippen molar-refractivity contribution in [2.45, 2.75) is 0 Å². The number of anilines is 1. The van der Waals surface area contributed by atoms with E-state index in [0.717, 1.165) is 10.5 Å². The molecule has 0 spiro atoms. The summed E-state index contributed by atoms with van der Waals surface area (Å²) in [6, 6.07) is 8.48. The van der Waals surface area contributed by atoms with E-state index in [-0.39, 0.29) is 4.91 Å². The SMILES string of the molecule is O=C(CN1C(=O)S/C(=C/c2ccc(Br)cc2)C1=O)Nc1ccc(F)c(F)c1F. The molecule has 0 radical (unpaired) electrons. The third-order valence-corrected chi connectivity index (χ3v) is 5.09. The van der Waals surface area contributed by atoms with Crippen molar-refractivity contribution >= 4 is 56.5 Å². The molecule has 144 valence electrons. The number of hydrogen-bond donors (Lipinski definition) is 1. The maximum Gasteiger partial charge on any atom is 0.294 e. The van der Waals surface area contributed by atoms with Gasteiger partial charge in [0.05, 0.1) is 10.6 Å². The van der Waals surface area contributed by atoms with E-state index in [4.69, 9.17) is 0 Å². The lowest BCUT2D eigenvalue weighted by atomic mass is 10.2. The highest BCUT2D eigenvalue weighted by Gasteiger charge is 2.36. The predicted molar refractivity (Wildman–Crippen MR) is 102 cm³/mol. The fourth-order valence-electron chi connectivity index (χ4n) is 2.30. The molecule has 5 nitrogen and oxygen atoms in total. The van der Waals surface area contributed by atoms with Gasteiger partial charge in [0.15, 0.2) is 17.5 Å². The second-order valence-corrected chi connectivity index (χ2v) is 7.50. The van der Waals surface area contributed by atoms with Gasteiger partial charge in [0.25, 0.3) is 11.1 Å². The molecule has 1 fully saturated rings. The van der Waals surface area contributed by atoms with Gasteiger partial charge in [0.2, 0.25) is 5.91 Å². The molecule has 28 heavy (non-hydrogen) atoms. The zero-order valence-electron chi connectivity index (χ0n) is 13.8. The van der Waals surface area contributed by atoms with Crippen LogP contribution in [-0.2, 0) is 9.59 Å². The first-order valence-corrected chi connectivity index (χ1v) is 9.31. The van der Waals surface area contributed by atoms with Crippen LogP contribution >= 0.6 is 27.7 Å². The maximum absolute atomic E-state index is 13.6. The summed E-state index contributed by atoms with van der Waals surface area (Å²) in [7, 11) is 0. The Morgan fingerprint density at radius 2 is 1.75 bits per heavy atom. The quantitative estimate of drug-likeness (QED) is 0.526. The minimum Gasteiger partial charge on any atom is -0.322 e. The van der Waals surface area contributed by atoms with Crippen molar-refractivity contribution in [2.75, 3.05) is 11.9 Å². The Morgan fingerprint density at radius 3 is 2.43 bits per heavy atom. The first-order chi connectivity index (χ1) is 13.3. The summed E-state index contributed by atoms with van der Waals surface area (Å²) in [4.78, 5) is 37.3. The average molecular weight is 471 g/mol. The number of imide groups is 1. The highest BCUT2D eigenvalue weighted by Crippen LogP contribution is 2.32. The van der Waals surface area contributed by atoms with Crippen molar-refractivity contribution in [1.82, 2.24) is 4.90 Å². The minimum absolute atomic E-state index is 0.124. The molecule has 2 aromatic rings. The molecule has 1 aliphatic rings. The van der Waals surface area contributed by atoms with Crippen molar-refractivity contribution in [3.05, 3.63) is 68.8 Å².